The number of allylic oxidation sites excluding steroid dienone is 29. The molecule has 11 nitrogen and oxygen atoms in total. The maximum atomic E-state index is 12.9. The predicted octanol–water partition coefficient (Wildman–Crippen LogP) is 15.7. The lowest BCUT2D eigenvalue weighted by molar-refractivity contribution is -0.160. The summed E-state index contributed by atoms with van der Waals surface area (Å²) < 4.78 is 39.1. The van der Waals surface area contributed by atoms with Crippen molar-refractivity contribution < 1.29 is 52.2 Å². The molecule has 0 amide bonds. The first-order valence-electron chi connectivity index (χ1n) is 26.7. The minimum atomic E-state index is -4.82. The van der Waals surface area contributed by atoms with E-state index in [1.54, 1.807) is 6.08 Å². The van der Waals surface area contributed by atoms with Crippen LogP contribution in [0.1, 0.15) is 149 Å². The molecule has 12 heteroatoms. The Balaban J connectivity index is 5.05. The molecular weight excluding hydrogens is 952 g/mol. The summed E-state index contributed by atoms with van der Waals surface area (Å²) in [6.07, 6.45) is 73.5. The molecule has 0 rings (SSSR count). The van der Waals surface area contributed by atoms with E-state index in [-0.39, 0.29) is 19.3 Å². The smallest absolute Gasteiger partial charge is 0.462 e. The summed E-state index contributed by atoms with van der Waals surface area (Å²) in [6, 6.07) is 0. The largest absolute Gasteiger partial charge is 0.472 e. The molecule has 0 saturated heterocycles. The van der Waals surface area contributed by atoms with E-state index in [0.29, 0.717) is 25.7 Å². The van der Waals surface area contributed by atoms with E-state index in [2.05, 4.69) is 148 Å². The Labute approximate surface area is 446 Å². The lowest BCUT2D eigenvalue weighted by Gasteiger charge is -2.21. The van der Waals surface area contributed by atoms with Crippen LogP contribution in [-0.2, 0) is 42.2 Å². The highest BCUT2D eigenvalue weighted by Gasteiger charge is 2.28. The van der Waals surface area contributed by atoms with Gasteiger partial charge in [-0.05, 0) is 109 Å². The van der Waals surface area contributed by atoms with Crippen LogP contribution in [-0.4, -0.2) is 66.5 Å². The molecule has 0 aliphatic heterocycles. The molecule has 0 spiro atoms. The van der Waals surface area contributed by atoms with Gasteiger partial charge in [0.25, 0.3) is 0 Å². The van der Waals surface area contributed by atoms with Gasteiger partial charge in [0.15, 0.2) is 6.10 Å². The zero-order valence-corrected chi connectivity index (χ0v) is 45.9. The van der Waals surface area contributed by atoms with E-state index in [9.17, 15) is 28.9 Å². The molecule has 0 fully saturated rings. The molecule has 0 aromatic carbocycles. The molecule has 2 N–H and O–H groups in total. The van der Waals surface area contributed by atoms with Crippen molar-refractivity contribution >= 4 is 25.7 Å². The van der Waals surface area contributed by atoms with E-state index in [1.807, 2.05) is 48.6 Å². The Morgan fingerprint density at radius 3 is 1.00 bits per heavy atom. The first-order chi connectivity index (χ1) is 36.2. The molecule has 74 heavy (non-hydrogen) atoms. The lowest BCUT2D eigenvalue weighted by atomic mass is 10.2. The zero-order valence-electron chi connectivity index (χ0n) is 45.0. The minimum Gasteiger partial charge on any atom is -0.462 e. The highest BCUT2D eigenvalue weighted by molar-refractivity contribution is 7.47. The number of rotatable bonds is 46. The van der Waals surface area contributed by atoms with Gasteiger partial charge in [-0.3, -0.25) is 23.4 Å². The number of phosphoric ester groups is 1. The van der Waals surface area contributed by atoms with Gasteiger partial charge in [-0.25, -0.2) is 4.57 Å². The molecular formula is C62H91O11P. The van der Waals surface area contributed by atoms with Crippen LogP contribution in [0.25, 0.3) is 0 Å². The van der Waals surface area contributed by atoms with Gasteiger partial charge in [-0.2, -0.15) is 0 Å². The standard InChI is InChI=1S/C62H91O11P/c1-4-7-10-13-16-19-22-25-27-28-29-30-32-34-36-39-42-45-48-51-60(64)69-55-59(73-62(66)53-50-47-44-41-38-35-31-26-23-20-17-14-11-8-5-2)57-71-74(67,68)70-56-58(54-63)72-61(65)52-49-46-43-40-37-33-24-21-18-15-12-9-6-3/h7-12,16-21,25-27,29-31,33-34,36-38,41-43,45-47,50,58-59,63H,4-6,13-15,22-24,28,32,35,39-40,44,48-49,51-57H2,1-3H3,(H,67,68)/b10-7-,11-8-,12-9-,19-16-,20-17-,21-18-,27-25-,30-29-,31-26-,36-34-,37-33-,41-38-,45-42-,46-43-,50-47-. The Morgan fingerprint density at radius 1 is 0.378 bits per heavy atom. The summed E-state index contributed by atoms with van der Waals surface area (Å²) in [5, 5.41) is 9.77. The molecule has 0 bridgehead atoms. The molecule has 0 aliphatic rings. The van der Waals surface area contributed by atoms with E-state index in [0.717, 1.165) is 83.5 Å². The summed E-state index contributed by atoms with van der Waals surface area (Å²) in [7, 11) is -4.82. The van der Waals surface area contributed by atoms with Crippen LogP contribution in [0.4, 0.5) is 0 Å². The van der Waals surface area contributed by atoms with Gasteiger partial charge in [0.05, 0.1) is 26.2 Å². The number of phosphoric acid groups is 1. The number of hydrogen-bond donors (Lipinski definition) is 2. The first kappa shape index (κ1) is 68.6. The molecule has 3 unspecified atom stereocenters. The van der Waals surface area contributed by atoms with Crippen molar-refractivity contribution in [2.45, 2.75) is 161 Å². The SMILES string of the molecule is CC/C=C\C/C=C\C/C=C\C/C=C\C/C=C\C/C=C\CCC(=O)OCC(COP(=O)(O)OCC(CO)OC(=O)CC/C=C\C/C=C\C/C=C\C/C=C\CC)OC(=O)C/C=C\C/C=C\C/C=C\C/C=C\C/C=C\CC. The van der Waals surface area contributed by atoms with Crippen LogP contribution in [0, 0.1) is 0 Å². The molecule has 3 atom stereocenters. The van der Waals surface area contributed by atoms with Crippen molar-refractivity contribution in [2.24, 2.45) is 0 Å². The van der Waals surface area contributed by atoms with Gasteiger partial charge in [0.2, 0.25) is 0 Å². The molecule has 0 aliphatic carbocycles. The Hall–Kier alpha value is -5.42. The summed E-state index contributed by atoms with van der Waals surface area (Å²) in [5.41, 5.74) is 0. The van der Waals surface area contributed by atoms with E-state index in [1.165, 1.54) is 0 Å². The summed E-state index contributed by atoms with van der Waals surface area (Å²) >= 11 is 0. The van der Waals surface area contributed by atoms with Crippen LogP contribution < -0.4 is 0 Å². The molecule has 0 radical (unpaired) electrons. The van der Waals surface area contributed by atoms with Crippen molar-refractivity contribution in [2.75, 3.05) is 26.4 Å². The maximum absolute atomic E-state index is 12.9. The third kappa shape index (κ3) is 51.5. The van der Waals surface area contributed by atoms with Crippen molar-refractivity contribution in [3.63, 3.8) is 0 Å². The van der Waals surface area contributed by atoms with Gasteiger partial charge in [0, 0.05) is 12.8 Å². The Kier molecular flexibility index (Phi) is 49.9. The number of esters is 3. The van der Waals surface area contributed by atoms with Gasteiger partial charge >= 0.3 is 25.7 Å². The summed E-state index contributed by atoms with van der Waals surface area (Å²) in [5.74, 6) is -1.84. The number of carbonyl (C=O) groups is 3. The van der Waals surface area contributed by atoms with Crippen molar-refractivity contribution in [3.05, 3.63) is 182 Å². The van der Waals surface area contributed by atoms with Gasteiger partial charge in [-0.1, -0.05) is 203 Å². The molecule has 0 aromatic heterocycles. The summed E-state index contributed by atoms with van der Waals surface area (Å²) in [6.45, 7) is 3.96. The Morgan fingerprint density at radius 2 is 0.662 bits per heavy atom. The van der Waals surface area contributed by atoms with Crippen LogP contribution in [0.5, 0.6) is 0 Å². The van der Waals surface area contributed by atoms with Crippen LogP contribution in [0.2, 0.25) is 0 Å². The second-order valence-corrected chi connectivity index (χ2v) is 18.0. The van der Waals surface area contributed by atoms with E-state index < -0.39 is 64.4 Å². The van der Waals surface area contributed by atoms with Gasteiger partial charge in [0.1, 0.15) is 12.7 Å². The maximum Gasteiger partial charge on any atom is 0.472 e. The first-order valence-corrected chi connectivity index (χ1v) is 28.2. The summed E-state index contributed by atoms with van der Waals surface area (Å²) in [4.78, 5) is 48.3. The fourth-order valence-electron chi connectivity index (χ4n) is 5.94. The minimum absolute atomic E-state index is 0.0325. The van der Waals surface area contributed by atoms with E-state index in [4.69, 9.17) is 23.3 Å². The lowest BCUT2D eigenvalue weighted by Crippen LogP contribution is -2.30. The molecule has 0 aromatic rings. The fourth-order valence-corrected chi connectivity index (χ4v) is 6.72. The highest BCUT2D eigenvalue weighted by atomic mass is 31.2. The third-order valence-corrected chi connectivity index (χ3v) is 10.8. The second kappa shape index (κ2) is 53.9. The molecule has 410 valence electrons. The van der Waals surface area contributed by atoms with Crippen LogP contribution >= 0.6 is 7.82 Å². The number of carbonyl (C=O) groups excluding carboxylic acids is 3. The predicted molar refractivity (Wildman–Crippen MR) is 306 cm³/mol. The second-order valence-electron chi connectivity index (χ2n) is 16.6. The number of ether oxygens (including phenoxy) is 3. The van der Waals surface area contributed by atoms with Gasteiger partial charge in [-0.15, -0.1) is 0 Å². The monoisotopic (exact) mass is 1040 g/mol. The van der Waals surface area contributed by atoms with Crippen LogP contribution in [0.15, 0.2) is 182 Å². The average Bonchev–Trinajstić information content (AvgIpc) is 3.39. The topological polar surface area (TPSA) is 155 Å². The fraction of sp³-hybridized carbons (Fsp3) is 0.468. The van der Waals surface area contributed by atoms with Crippen LogP contribution in [0.3, 0.4) is 0 Å². The van der Waals surface area contributed by atoms with E-state index >= 15 is 0 Å². The van der Waals surface area contributed by atoms with Gasteiger partial charge < -0.3 is 24.2 Å². The van der Waals surface area contributed by atoms with Crippen molar-refractivity contribution in [1.82, 2.24) is 0 Å². The third-order valence-electron chi connectivity index (χ3n) is 9.87. The van der Waals surface area contributed by atoms with Crippen molar-refractivity contribution in [1.29, 1.82) is 0 Å². The number of aliphatic hydroxyl groups is 1. The highest BCUT2D eigenvalue weighted by Crippen LogP contribution is 2.43. The molecule has 0 heterocycles. The average molecular weight is 1040 g/mol. The Bertz CT molecular complexity index is 1940. The van der Waals surface area contributed by atoms with Crippen molar-refractivity contribution in [3.8, 4) is 0 Å². The number of aliphatic hydroxyl groups excluding tert-OH is 1. The quantitative estimate of drug-likeness (QED) is 0.0259. The zero-order chi connectivity index (χ0) is 54.1. The normalized spacial score (nSPS) is 14.8. The number of hydrogen-bond acceptors (Lipinski definition) is 10. The molecule has 0 saturated carbocycles.